The fraction of sp³-hybridized carbons (Fsp3) is 0.292. The van der Waals surface area contributed by atoms with E-state index in [4.69, 9.17) is 4.74 Å². The van der Waals surface area contributed by atoms with Crippen LogP contribution in [-0.2, 0) is 11.3 Å². The van der Waals surface area contributed by atoms with E-state index >= 15 is 0 Å². The number of fused-ring (bicyclic) bond motifs is 3. The van der Waals surface area contributed by atoms with E-state index in [1.165, 1.54) is 0 Å². The minimum Gasteiger partial charge on any atom is -0.380 e. The summed E-state index contributed by atoms with van der Waals surface area (Å²) >= 11 is 0. The van der Waals surface area contributed by atoms with E-state index in [0.717, 1.165) is 29.7 Å². The number of anilines is 1. The highest BCUT2D eigenvalue weighted by Crippen LogP contribution is 2.27. The molecule has 160 valence electrons. The highest BCUT2D eigenvalue weighted by molar-refractivity contribution is 6.07. The molecule has 0 aliphatic heterocycles. The average molecular weight is 418 g/mol. The molecule has 2 heterocycles. The van der Waals surface area contributed by atoms with Crippen molar-refractivity contribution in [2.45, 2.75) is 39.2 Å². The molecule has 0 fully saturated rings. The number of rotatable bonds is 7. The molecule has 0 unspecified atom stereocenters. The van der Waals surface area contributed by atoms with Gasteiger partial charge in [0.15, 0.2) is 0 Å². The number of nitrogens with one attached hydrogen (secondary N) is 2. The Kier molecular flexibility index (Phi) is 5.86. The fourth-order valence-electron chi connectivity index (χ4n) is 4.03. The van der Waals surface area contributed by atoms with Crippen molar-refractivity contribution < 1.29 is 9.53 Å². The number of carbonyl (C=O) groups excluding carboxylic acids is 1. The fourth-order valence-corrected chi connectivity index (χ4v) is 4.03. The molecule has 0 atom stereocenters. The number of carbonyl (C=O) groups is 1. The number of para-hydroxylation sites is 1. The van der Waals surface area contributed by atoms with Gasteiger partial charge in [0.2, 0.25) is 0 Å². The number of amides is 1. The lowest BCUT2D eigenvalue weighted by molar-refractivity contribution is 0.102. The van der Waals surface area contributed by atoms with E-state index in [1.54, 1.807) is 19.4 Å². The standard InChI is InChI=1S/C24H26N4O3/c1-4-15(5-2)22-25-13-21-24(30)27-19-12-18(16(14-31-3)11-20(19)28(21)22)23(29)26-17-9-7-6-8-10-17/h6-13,15H,4-5,14H2,1-3H3,(H,26,29)(H,27,30). The first-order valence-corrected chi connectivity index (χ1v) is 10.5. The minimum atomic E-state index is -0.257. The van der Waals surface area contributed by atoms with Gasteiger partial charge in [-0.25, -0.2) is 4.98 Å². The molecule has 2 aromatic carbocycles. The van der Waals surface area contributed by atoms with E-state index in [0.29, 0.717) is 22.3 Å². The van der Waals surface area contributed by atoms with Crippen LogP contribution in [0.15, 0.2) is 53.5 Å². The smallest absolute Gasteiger partial charge is 0.274 e. The first kappa shape index (κ1) is 20.8. The van der Waals surface area contributed by atoms with Gasteiger partial charge in [0.1, 0.15) is 11.3 Å². The van der Waals surface area contributed by atoms with Gasteiger partial charge in [-0.15, -0.1) is 0 Å². The van der Waals surface area contributed by atoms with Crippen molar-refractivity contribution in [2.75, 3.05) is 12.4 Å². The van der Waals surface area contributed by atoms with Crippen LogP contribution in [0, 0.1) is 0 Å². The molecular weight excluding hydrogens is 392 g/mol. The van der Waals surface area contributed by atoms with Gasteiger partial charge in [0.05, 0.1) is 23.8 Å². The van der Waals surface area contributed by atoms with Gasteiger partial charge >= 0.3 is 0 Å². The minimum absolute atomic E-state index is 0.230. The van der Waals surface area contributed by atoms with Crippen LogP contribution >= 0.6 is 0 Å². The number of aromatic amines is 1. The monoisotopic (exact) mass is 418 g/mol. The Morgan fingerprint density at radius 1 is 1.16 bits per heavy atom. The Morgan fingerprint density at radius 3 is 2.58 bits per heavy atom. The third-order valence-corrected chi connectivity index (χ3v) is 5.66. The van der Waals surface area contributed by atoms with Crippen LogP contribution in [-0.4, -0.2) is 27.4 Å². The van der Waals surface area contributed by atoms with Gasteiger partial charge in [0, 0.05) is 24.3 Å². The Balaban J connectivity index is 1.92. The molecule has 7 heteroatoms. The molecule has 0 saturated carbocycles. The highest BCUT2D eigenvalue weighted by Gasteiger charge is 2.20. The second-order valence-corrected chi connectivity index (χ2v) is 7.58. The summed E-state index contributed by atoms with van der Waals surface area (Å²) in [5.74, 6) is 0.840. The van der Waals surface area contributed by atoms with Crippen molar-refractivity contribution in [3.8, 4) is 0 Å². The maximum Gasteiger partial charge on any atom is 0.274 e. The maximum absolute atomic E-state index is 13.0. The highest BCUT2D eigenvalue weighted by atomic mass is 16.5. The van der Waals surface area contributed by atoms with Crippen LogP contribution in [0.4, 0.5) is 5.69 Å². The number of methoxy groups -OCH3 is 1. The number of ether oxygens (including phenoxy) is 1. The second kappa shape index (κ2) is 8.73. The number of hydrogen-bond acceptors (Lipinski definition) is 4. The molecule has 2 N–H and O–H groups in total. The van der Waals surface area contributed by atoms with E-state index in [2.05, 4.69) is 29.1 Å². The molecule has 4 rings (SSSR count). The summed E-state index contributed by atoms with van der Waals surface area (Å²) in [7, 11) is 1.60. The average Bonchev–Trinajstić information content (AvgIpc) is 3.21. The van der Waals surface area contributed by atoms with Gasteiger partial charge < -0.3 is 15.0 Å². The van der Waals surface area contributed by atoms with Crippen molar-refractivity contribution >= 4 is 28.1 Å². The molecule has 2 aromatic heterocycles. The van der Waals surface area contributed by atoms with Crippen LogP contribution < -0.4 is 10.9 Å². The number of H-pyrrole nitrogens is 1. The molecule has 0 radical (unpaired) electrons. The molecule has 0 aliphatic carbocycles. The zero-order valence-electron chi connectivity index (χ0n) is 17.9. The Labute approximate surface area is 180 Å². The summed E-state index contributed by atoms with van der Waals surface area (Å²) in [6.45, 7) is 4.50. The molecule has 0 bridgehead atoms. The predicted octanol–water partition coefficient (Wildman–Crippen LogP) is 4.48. The maximum atomic E-state index is 13.0. The summed E-state index contributed by atoms with van der Waals surface area (Å²) in [5, 5.41) is 2.91. The first-order valence-electron chi connectivity index (χ1n) is 10.5. The van der Waals surface area contributed by atoms with E-state index in [9.17, 15) is 9.59 Å². The molecule has 0 saturated heterocycles. The van der Waals surface area contributed by atoms with E-state index < -0.39 is 0 Å². The van der Waals surface area contributed by atoms with E-state index in [1.807, 2.05) is 40.8 Å². The van der Waals surface area contributed by atoms with Gasteiger partial charge in [-0.3, -0.25) is 14.0 Å². The van der Waals surface area contributed by atoms with Crippen molar-refractivity contribution in [3.05, 3.63) is 76.0 Å². The van der Waals surface area contributed by atoms with Crippen molar-refractivity contribution in [2.24, 2.45) is 0 Å². The van der Waals surface area contributed by atoms with Crippen LogP contribution in [0.5, 0.6) is 0 Å². The van der Waals surface area contributed by atoms with Crippen LogP contribution in [0.2, 0.25) is 0 Å². The zero-order chi connectivity index (χ0) is 22.0. The van der Waals surface area contributed by atoms with Crippen LogP contribution in [0.25, 0.3) is 16.6 Å². The SMILES string of the molecule is CCC(CC)c1ncc2c(=O)[nH]c3cc(C(=O)Nc4ccccc4)c(COC)cc3n12. The topological polar surface area (TPSA) is 88.5 Å². The summed E-state index contributed by atoms with van der Waals surface area (Å²) in [4.78, 5) is 33.3. The van der Waals surface area contributed by atoms with Crippen LogP contribution in [0.1, 0.15) is 54.4 Å². The largest absolute Gasteiger partial charge is 0.380 e. The van der Waals surface area contributed by atoms with E-state index in [-0.39, 0.29) is 24.0 Å². The number of aromatic nitrogens is 3. The molecule has 0 spiro atoms. The number of imidazole rings is 1. The van der Waals surface area contributed by atoms with Crippen LogP contribution in [0.3, 0.4) is 0 Å². The normalized spacial score (nSPS) is 11.5. The summed E-state index contributed by atoms with van der Waals surface area (Å²) < 4.78 is 7.30. The number of hydrogen-bond donors (Lipinski definition) is 2. The van der Waals surface area contributed by atoms with Gasteiger partial charge in [-0.2, -0.15) is 0 Å². The zero-order valence-corrected chi connectivity index (χ0v) is 17.9. The Morgan fingerprint density at radius 2 is 1.90 bits per heavy atom. The number of benzene rings is 2. The molecular formula is C24H26N4O3. The van der Waals surface area contributed by atoms with Crippen molar-refractivity contribution in [1.29, 1.82) is 0 Å². The lowest BCUT2D eigenvalue weighted by Gasteiger charge is -2.15. The molecule has 0 aliphatic rings. The Hall–Kier alpha value is -3.45. The second-order valence-electron chi connectivity index (χ2n) is 7.58. The predicted molar refractivity (Wildman–Crippen MR) is 122 cm³/mol. The molecule has 31 heavy (non-hydrogen) atoms. The summed E-state index contributed by atoms with van der Waals surface area (Å²) in [6, 6.07) is 12.9. The quantitative estimate of drug-likeness (QED) is 0.463. The van der Waals surface area contributed by atoms with Gasteiger partial charge in [-0.1, -0.05) is 32.0 Å². The number of nitrogens with zero attached hydrogens (tertiary/aromatic N) is 2. The molecule has 7 nitrogen and oxygen atoms in total. The molecule has 4 aromatic rings. The third kappa shape index (κ3) is 3.84. The van der Waals surface area contributed by atoms with Gasteiger partial charge in [-0.05, 0) is 42.7 Å². The third-order valence-electron chi connectivity index (χ3n) is 5.66. The summed E-state index contributed by atoms with van der Waals surface area (Å²) in [6.07, 6.45) is 3.47. The molecule has 1 amide bonds. The van der Waals surface area contributed by atoms with Crippen molar-refractivity contribution in [3.63, 3.8) is 0 Å². The lowest BCUT2D eigenvalue weighted by atomic mass is 10.0. The lowest BCUT2D eigenvalue weighted by Crippen LogP contribution is -2.17. The van der Waals surface area contributed by atoms with Crippen molar-refractivity contribution in [1.82, 2.24) is 14.4 Å². The first-order chi connectivity index (χ1) is 15.1. The van der Waals surface area contributed by atoms with Gasteiger partial charge in [0.25, 0.3) is 11.5 Å². The Bertz CT molecular complexity index is 1290. The summed E-state index contributed by atoms with van der Waals surface area (Å²) in [5.41, 5.74) is 3.55.